The molecule has 4 nitrogen and oxygen atoms in total. The van der Waals surface area contributed by atoms with E-state index in [9.17, 15) is 4.79 Å². The molecule has 1 N–H and O–H groups in total. The third-order valence-electron chi connectivity index (χ3n) is 5.65. The Morgan fingerprint density at radius 2 is 2.20 bits per heavy atom. The summed E-state index contributed by atoms with van der Waals surface area (Å²) in [5.41, 5.74) is 1.00. The van der Waals surface area contributed by atoms with Crippen LogP contribution in [0, 0.1) is 11.3 Å². The van der Waals surface area contributed by atoms with Crippen LogP contribution in [0.4, 0.5) is 0 Å². The second-order valence-electron chi connectivity index (χ2n) is 6.59. The van der Waals surface area contributed by atoms with Gasteiger partial charge in [-0.3, -0.25) is 9.78 Å². The topological polar surface area (TPSA) is 58.6 Å². The molecule has 2 fully saturated rings. The van der Waals surface area contributed by atoms with Gasteiger partial charge < -0.3 is 4.98 Å². The number of carbonyl (C=O) groups is 1. The second-order valence-corrected chi connectivity index (χ2v) is 7.00. The van der Waals surface area contributed by atoms with Gasteiger partial charge in [-0.2, -0.15) is 0 Å². The Morgan fingerprint density at radius 1 is 1.40 bits per heavy atom. The first-order valence-electron chi connectivity index (χ1n) is 7.00. The summed E-state index contributed by atoms with van der Waals surface area (Å²) >= 11 is 6.15. The molecule has 2 heterocycles. The van der Waals surface area contributed by atoms with Crippen LogP contribution in [0.3, 0.4) is 0 Å². The van der Waals surface area contributed by atoms with Crippen LogP contribution in [-0.2, 0) is 10.2 Å². The number of nitrogens with one attached hydrogen (secondary N) is 1. The molecule has 0 radical (unpaired) electrons. The number of imidazole rings is 1. The third kappa shape index (κ3) is 1.21. The number of rotatable bonds is 1. The largest absolute Gasteiger partial charge is 0.340 e. The molecular weight excluding hydrogens is 274 g/mol. The SMILES string of the molecule is CC1(C)C2CCC1(c1nc3c(Cl)cncc3[nH]1)C(=O)C2. The van der Waals surface area contributed by atoms with E-state index in [0.717, 1.165) is 24.2 Å². The number of ketones is 1. The summed E-state index contributed by atoms with van der Waals surface area (Å²) in [7, 11) is 0. The fourth-order valence-electron chi connectivity index (χ4n) is 4.33. The molecule has 5 heteroatoms. The molecule has 0 spiro atoms. The number of Topliss-reactive ketones (excluding diaryl/α,β-unsaturated/α-hetero) is 1. The summed E-state index contributed by atoms with van der Waals surface area (Å²) in [6.07, 6.45) is 5.96. The van der Waals surface area contributed by atoms with Gasteiger partial charge in [0.1, 0.15) is 17.1 Å². The van der Waals surface area contributed by atoms with E-state index in [1.807, 2.05) is 0 Å². The lowest BCUT2D eigenvalue weighted by molar-refractivity contribution is -0.124. The number of H-pyrrole nitrogens is 1. The standard InChI is InChI=1S/C15H16ClN3O/c1-14(2)8-3-4-15(14,11(20)5-8)13-18-10-7-17-6-9(16)12(10)19-13/h6-8H,3-5H2,1-2H3,(H,18,19). The van der Waals surface area contributed by atoms with Crippen molar-refractivity contribution in [3.63, 3.8) is 0 Å². The molecule has 2 unspecified atom stereocenters. The van der Waals surface area contributed by atoms with Gasteiger partial charge in [-0.1, -0.05) is 25.4 Å². The van der Waals surface area contributed by atoms with E-state index >= 15 is 0 Å². The number of aromatic amines is 1. The highest BCUT2D eigenvalue weighted by Crippen LogP contribution is 2.64. The van der Waals surface area contributed by atoms with Crippen molar-refractivity contribution in [3.05, 3.63) is 23.2 Å². The minimum absolute atomic E-state index is 0.0438. The van der Waals surface area contributed by atoms with Crippen molar-refractivity contribution >= 4 is 28.4 Å². The van der Waals surface area contributed by atoms with E-state index in [0.29, 0.717) is 28.7 Å². The van der Waals surface area contributed by atoms with E-state index in [4.69, 9.17) is 11.6 Å². The van der Waals surface area contributed by atoms with E-state index in [1.54, 1.807) is 12.4 Å². The number of carbonyl (C=O) groups excluding carboxylic acids is 1. The maximum absolute atomic E-state index is 12.6. The fourth-order valence-corrected chi connectivity index (χ4v) is 4.53. The molecule has 0 amide bonds. The average molecular weight is 290 g/mol. The van der Waals surface area contributed by atoms with Crippen molar-refractivity contribution < 1.29 is 4.79 Å². The molecule has 0 saturated heterocycles. The Bertz CT molecular complexity index is 736. The minimum atomic E-state index is -0.472. The van der Waals surface area contributed by atoms with Crippen molar-refractivity contribution in [2.24, 2.45) is 11.3 Å². The lowest BCUT2D eigenvalue weighted by Gasteiger charge is -2.34. The summed E-state index contributed by atoms with van der Waals surface area (Å²) in [4.78, 5) is 24.7. The van der Waals surface area contributed by atoms with Crippen LogP contribution in [0.15, 0.2) is 12.4 Å². The predicted molar refractivity (Wildman–Crippen MR) is 76.7 cm³/mol. The molecule has 104 valence electrons. The molecule has 0 aromatic carbocycles. The quantitative estimate of drug-likeness (QED) is 0.876. The van der Waals surface area contributed by atoms with Gasteiger partial charge in [0, 0.05) is 12.6 Å². The van der Waals surface area contributed by atoms with Gasteiger partial charge in [0.15, 0.2) is 0 Å². The number of halogens is 1. The highest BCUT2D eigenvalue weighted by molar-refractivity contribution is 6.34. The lowest BCUT2D eigenvalue weighted by Crippen LogP contribution is -2.41. The third-order valence-corrected chi connectivity index (χ3v) is 5.93. The summed E-state index contributed by atoms with van der Waals surface area (Å²) in [5, 5.41) is 0.527. The number of fused-ring (bicyclic) bond motifs is 3. The van der Waals surface area contributed by atoms with E-state index in [2.05, 4.69) is 28.8 Å². The van der Waals surface area contributed by atoms with Gasteiger partial charge >= 0.3 is 0 Å². The Morgan fingerprint density at radius 3 is 2.80 bits per heavy atom. The molecular formula is C15H16ClN3O. The van der Waals surface area contributed by atoms with Crippen LogP contribution in [-0.4, -0.2) is 20.7 Å². The Labute approximate surface area is 121 Å². The van der Waals surface area contributed by atoms with Gasteiger partial charge in [0.2, 0.25) is 0 Å². The number of hydrogen-bond donors (Lipinski definition) is 1. The van der Waals surface area contributed by atoms with Gasteiger partial charge in [-0.15, -0.1) is 0 Å². The molecule has 0 aliphatic heterocycles. The van der Waals surface area contributed by atoms with Gasteiger partial charge in [0.05, 0.1) is 22.2 Å². The van der Waals surface area contributed by atoms with Crippen molar-refractivity contribution in [2.45, 2.75) is 38.5 Å². The van der Waals surface area contributed by atoms with Gasteiger partial charge in [-0.25, -0.2) is 4.98 Å². The maximum Gasteiger partial charge on any atom is 0.147 e. The zero-order valence-electron chi connectivity index (χ0n) is 11.5. The molecule has 20 heavy (non-hydrogen) atoms. The van der Waals surface area contributed by atoms with E-state index in [1.165, 1.54) is 0 Å². The second kappa shape index (κ2) is 3.61. The summed E-state index contributed by atoms with van der Waals surface area (Å²) in [5.74, 6) is 1.57. The summed E-state index contributed by atoms with van der Waals surface area (Å²) in [6, 6.07) is 0. The molecule has 2 aliphatic rings. The Hall–Kier alpha value is -1.42. The highest BCUT2D eigenvalue weighted by atomic mass is 35.5. The molecule has 2 aromatic heterocycles. The molecule has 2 bridgehead atoms. The van der Waals surface area contributed by atoms with Crippen molar-refractivity contribution in [2.75, 3.05) is 0 Å². The molecule has 4 rings (SSSR count). The molecule has 2 atom stereocenters. The fraction of sp³-hybridized carbons (Fsp3) is 0.533. The summed E-state index contributed by atoms with van der Waals surface area (Å²) < 4.78 is 0. The van der Waals surface area contributed by atoms with Crippen LogP contribution in [0.1, 0.15) is 38.9 Å². The monoisotopic (exact) mass is 289 g/mol. The van der Waals surface area contributed by atoms with Crippen molar-refractivity contribution in [3.8, 4) is 0 Å². The first-order chi connectivity index (χ1) is 9.47. The first kappa shape index (κ1) is 12.3. The maximum atomic E-state index is 12.6. The van der Waals surface area contributed by atoms with Crippen LogP contribution in [0.25, 0.3) is 11.0 Å². The van der Waals surface area contributed by atoms with E-state index in [-0.39, 0.29) is 5.41 Å². The number of pyridine rings is 1. The number of aromatic nitrogens is 3. The zero-order chi connectivity index (χ0) is 14.1. The average Bonchev–Trinajstić information content (AvgIpc) is 2.98. The zero-order valence-corrected chi connectivity index (χ0v) is 12.3. The summed E-state index contributed by atoms with van der Waals surface area (Å²) in [6.45, 7) is 4.39. The Balaban J connectivity index is 1.98. The van der Waals surface area contributed by atoms with Crippen LogP contribution in [0.5, 0.6) is 0 Å². The first-order valence-corrected chi connectivity index (χ1v) is 7.37. The van der Waals surface area contributed by atoms with E-state index < -0.39 is 5.41 Å². The molecule has 2 aromatic rings. The smallest absolute Gasteiger partial charge is 0.147 e. The molecule has 2 saturated carbocycles. The highest BCUT2D eigenvalue weighted by Gasteiger charge is 2.66. The van der Waals surface area contributed by atoms with Gasteiger partial charge in [0.25, 0.3) is 0 Å². The van der Waals surface area contributed by atoms with Crippen LogP contribution in [0.2, 0.25) is 5.02 Å². The predicted octanol–water partition coefficient (Wildman–Crippen LogP) is 3.26. The lowest BCUT2D eigenvalue weighted by atomic mass is 9.68. The normalized spacial score (nSPS) is 31.4. The number of hydrogen-bond acceptors (Lipinski definition) is 3. The Kier molecular flexibility index (Phi) is 2.23. The molecule has 2 aliphatic carbocycles. The minimum Gasteiger partial charge on any atom is -0.340 e. The van der Waals surface area contributed by atoms with Crippen molar-refractivity contribution in [1.29, 1.82) is 0 Å². The van der Waals surface area contributed by atoms with Crippen LogP contribution < -0.4 is 0 Å². The van der Waals surface area contributed by atoms with Crippen molar-refractivity contribution in [1.82, 2.24) is 15.0 Å². The number of nitrogens with zero attached hydrogens (tertiary/aromatic N) is 2. The van der Waals surface area contributed by atoms with Crippen LogP contribution >= 0.6 is 11.6 Å². The van der Waals surface area contributed by atoms with Gasteiger partial charge in [-0.05, 0) is 24.2 Å².